The van der Waals surface area contributed by atoms with Gasteiger partial charge in [-0.25, -0.2) is 4.79 Å². The molecule has 1 N–H and O–H groups in total. The highest BCUT2D eigenvalue weighted by molar-refractivity contribution is 5.89. The molecule has 80 valence electrons. The summed E-state index contributed by atoms with van der Waals surface area (Å²) in [5, 5.41) is 9.49. The van der Waals surface area contributed by atoms with Crippen molar-refractivity contribution in [2.75, 3.05) is 7.11 Å². The summed E-state index contributed by atoms with van der Waals surface area (Å²) < 4.78 is 4.66. The highest BCUT2D eigenvalue weighted by atomic mass is 16.5. The summed E-state index contributed by atoms with van der Waals surface area (Å²) in [5.74, 6) is -0.302. The molecule has 0 aromatic heterocycles. The van der Waals surface area contributed by atoms with Gasteiger partial charge in [-0.3, -0.25) is 0 Å². The molecule has 3 nitrogen and oxygen atoms in total. The lowest BCUT2D eigenvalue weighted by molar-refractivity contribution is 0.0600. The van der Waals surface area contributed by atoms with Gasteiger partial charge in [0, 0.05) is 0 Å². The number of aliphatic hydroxyl groups is 1. The molecule has 0 radical (unpaired) electrons. The van der Waals surface area contributed by atoms with E-state index >= 15 is 0 Å². The normalized spacial score (nSPS) is 19.5. The zero-order chi connectivity index (χ0) is 10.8. The first kappa shape index (κ1) is 10.2. The fourth-order valence-corrected chi connectivity index (χ4v) is 1.98. The number of aliphatic hydroxyl groups excluding tert-OH is 1. The Hall–Kier alpha value is -1.35. The largest absolute Gasteiger partial charge is 0.465 e. The van der Waals surface area contributed by atoms with E-state index in [4.69, 9.17) is 0 Å². The first-order chi connectivity index (χ1) is 7.20. The monoisotopic (exact) mass is 206 g/mol. The van der Waals surface area contributed by atoms with E-state index < -0.39 is 0 Å². The molecule has 0 bridgehead atoms. The van der Waals surface area contributed by atoms with Crippen LogP contribution in [0.25, 0.3) is 0 Å². The third-order valence-corrected chi connectivity index (χ3v) is 2.83. The lowest BCUT2D eigenvalue weighted by Gasteiger charge is -2.20. The molecule has 0 aliphatic heterocycles. The number of hydrogen-bond donors (Lipinski definition) is 1. The second-order valence-corrected chi connectivity index (χ2v) is 3.87. The van der Waals surface area contributed by atoms with Gasteiger partial charge in [-0.15, -0.1) is 0 Å². The maximum Gasteiger partial charge on any atom is 0.337 e. The molecule has 1 aliphatic carbocycles. The van der Waals surface area contributed by atoms with Crippen LogP contribution in [0.3, 0.4) is 0 Å². The second kappa shape index (κ2) is 4.03. The van der Waals surface area contributed by atoms with E-state index in [1.165, 1.54) is 7.11 Å². The number of aryl methyl sites for hydroxylation is 1. The lowest BCUT2D eigenvalue weighted by Crippen LogP contribution is -2.19. The molecule has 0 saturated carbocycles. The van der Waals surface area contributed by atoms with E-state index in [2.05, 4.69) is 4.74 Å². The number of carbonyl (C=O) groups excluding carboxylic acids is 1. The molecule has 0 amide bonds. The number of benzene rings is 1. The summed E-state index contributed by atoms with van der Waals surface area (Å²) in [6.07, 6.45) is 2.07. The summed E-state index contributed by atoms with van der Waals surface area (Å²) in [5.41, 5.74) is 2.89. The number of carbonyl (C=O) groups is 1. The Morgan fingerprint density at radius 1 is 1.47 bits per heavy atom. The predicted octanol–water partition coefficient (Wildman–Crippen LogP) is 1.32. The number of methoxy groups -OCH3 is 1. The Morgan fingerprint density at radius 3 is 3.00 bits per heavy atom. The molecule has 0 spiro atoms. The molecule has 0 fully saturated rings. The van der Waals surface area contributed by atoms with Crippen molar-refractivity contribution in [1.29, 1.82) is 0 Å². The van der Waals surface area contributed by atoms with Gasteiger partial charge in [0.1, 0.15) is 0 Å². The van der Waals surface area contributed by atoms with Crippen molar-refractivity contribution in [1.82, 2.24) is 0 Å². The Morgan fingerprint density at radius 2 is 2.27 bits per heavy atom. The number of fused-ring (bicyclic) bond motifs is 1. The quantitative estimate of drug-likeness (QED) is 0.705. The fraction of sp³-hybridized carbons (Fsp3) is 0.417. The minimum absolute atomic E-state index is 0.235. The van der Waals surface area contributed by atoms with Gasteiger partial charge in [0.15, 0.2) is 0 Å². The van der Waals surface area contributed by atoms with Crippen LogP contribution in [-0.2, 0) is 17.6 Å². The van der Waals surface area contributed by atoms with Gasteiger partial charge in [-0.05, 0) is 42.5 Å². The summed E-state index contributed by atoms with van der Waals surface area (Å²) >= 11 is 0. The van der Waals surface area contributed by atoms with E-state index in [1.54, 1.807) is 6.07 Å². The fourth-order valence-electron chi connectivity index (χ4n) is 1.98. The van der Waals surface area contributed by atoms with Gasteiger partial charge >= 0.3 is 5.97 Å². The third kappa shape index (κ3) is 2.02. The zero-order valence-corrected chi connectivity index (χ0v) is 8.69. The zero-order valence-electron chi connectivity index (χ0n) is 8.69. The average Bonchev–Trinajstić information content (AvgIpc) is 2.27. The SMILES string of the molecule is COC(=O)c1ccc2c(c1)CC[C@H](O)C2. The minimum atomic E-state index is -0.302. The van der Waals surface area contributed by atoms with Crippen molar-refractivity contribution in [2.45, 2.75) is 25.4 Å². The summed E-state index contributed by atoms with van der Waals surface area (Å²) in [7, 11) is 1.38. The van der Waals surface area contributed by atoms with Gasteiger partial charge in [0.2, 0.25) is 0 Å². The van der Waals surface area contributed by atoms with Crippen molar-refractivity contribution < 1.29 is 14.6 Å². The molecule has 0 heterocycles. The summed E-state index contributed by atoms with van der Waals surface area (Å²) in [4.78, 5) is 11.3. The van der Waals surface area contributed by atoms with Gasteiger partial charge < -0.3 is 9.84 Å². The van der Waals surface area contributed by atoms with Crippen molar-refractivity contribution in [2.24, 2.45) is 0 Å². The summed E-state index contributed by atoms with van der Waals surface area (Å²) in [6.45, 7) is 0. The van der Waals surface area contributed by atoms with Crippen molar-refractivity contribution in [3.63, 3.8) is 0 Å². The maximum absolute atomic E-state index is 11.3. The van der Waals surface area contributed by atoms with Crippen molar-refractivity contribution in [3.05, 3.63) is 34.9 Å². The van der Waals surface area contributed by atoms with Crippen LogP contribution in [0.1, 0.15) is 27.9 Å². The summed E-state index contributed by atoms with van der Waals surface area (Å²) in [6, 6.07) is 5.53. The molecule has 2 rings (SSSR count). The van der Waals surface area contributed by atoms with Gasteiger partial charge in [0.05, 0.1) is 18.8 Å². The molecular formula is C12H14O3. The lowest BCUT2D eigenvalue weighted by atomic mass is 9.89. The van der Waals surface area contributed by atoms with Crippen LogP contribution in [0, 0.1) is 0 Å². The maximum atomic E-state index is 11.3. The highest BCUT2D eigenvalue weighted by Gasteiger charge is 2.17. The Labute approximate surface area is 88.7 Å². The number of hydrogen-bond acceptors (Lipinski definition) is 3. The Balaban J connectivity index is 2.30. The molecule has 1 atom stereocenters. The molecule has 3 heteroatoms. The number of rotatable bonds is 1. The predicted molar refractivity (Wildman–Crippen MR) is 55.8 cm³/mol. The third-order valence-electron chi connectivity index (χ3n) is 2.83. The molecule has 15 heavy (non-hydrogen) atoms. The molecule has 0 saturated heterocycles. The van der Waals surface area contributed by atoms with E-state index in [1.807, 2.05) is 12.1 Å². The molecule has 0 unspecified atom stereocenters. The average molecular weight is 206 g/mol. The molecule has 1 aliphatic rings. The van der Waals surface area contributed by atoms with Crippen LogP contribution in [0.4, 0.5) is 0 Å². The highest BCUT2D eigenvalue weighted by Crippen LogP contribution is 2.22. The first-order valence-corrected chi connectivity index (χ1v) is 5.09. The van der Waals surface area contributed by atoms with Crippen LogP contribution in [0.2, 0.25) is 0 Å². The van der Waals surface area contributed by atoms with Gasteiger partial charge in [-0.1, -0.05) is 6.07 Å². The van der Waals surface area contributed by atoms with E-state index in [0.29, 0.717) is 12.0 Å². The molecule has 1 aromatic carbocycles. The topological polar surface area (TPSA) is 46.5 Å². The number of esters is 1. The van der Waals surface area contributed by atoms with Crippen LogP contribution in [0.5, 0.6) is 0 Å². The van der Waals surface area contributed by atoms with Gasteiger partial charge in [-0.2, -0.15) is 0 Å². The van der Waals surface area contributed by atoms with Crippen LogP contribution in [0.15, 0.2) is 18.2 Å². The Bertz CT molecular complexity index is 384. The first-order valence-electron chi connectivity index (χ1n) is 5.09. The minimum Gasteiger partial charge on any atom is -0.465 e. The van der Waals surface area contributed by atoms with E-state index in [0.717, 1.165) is 24.0 Å². The standard InChI is InChI=1S/C12H14O3/c1-15-12(14)10-3-2-9-7-11(13)5-4-8(9)6-10/h2-3,6,11,13H,4-5,7H2,1H3/t11-/m0/s1. The number of ether oxygens (including phenoxy) is 1. The van der Waals surface area contributed by atoms with Crippen LogP contribution < -0.4 is 0 Å². The molecule has 1 aromatic rings. The van der Waals surface area contributed by atoms with Crippen LogP contribution in [-0.4, -0.2) is 24.3 Å². The molecular weight excluding hydrogens is 192 g/mol. The van der Waals surface area contributed by atoms with E-state index in [-0.39, 0.29) is 12.1 Å². The van der Waals surface area contributed by atoms with Crippen LogP contribution >= 0.6 is 0 Å². The van der Waals surface area contributed by atoms with E-state index in [9.17, 15) is 9.90 Å². The van der Waals surface area contributed by atoms with Gasteiger partial charge in [0.25, 0.3) is 0 Å². The smallest absolute Gasteiger partial charge is 0.337 e. The van der Waals surface area contributed by atoms with Crippen molar-refractivity contribution >= 4 is 5.97 Å². The Kier molecular flexibility index (Phi) is 2.73. The second-order valence-electron chi connectivity index (χ2n) is 3.87. The van der Waals surface area contributed by atoms with Crippen molar-refractivity contribution in [3.8, 4) is 0 Å².